The number of nitrogens with one attached hydrogen (secondary N) is 1. The largest absolute Gasteiger partial charge is 0.339 e. The molecular formula is C26H27N5O. The van der Waals surface area contributed by atoms with Crippen LogP contribution < -0.4 is 10.2 Å². The Labute approximate surface area is 188 Å². The van der Waals surface area contributed by atoms with Crippen molar-refractivity contribution in [3.05, 3.63) is 90.0 Å². The molecule has 1 fully saturated rings. The van der Waals surface area contributed by atoms with Gasteiger partial charge in [0, 0.05) is 31.9 Å². The van der Waals surface area contributed by atoms with Crippen molar-refractivity contribution in [3.8, 4) is 0 Å². The van der Waals surface area contributed by atoms with E-state index in [0.717, 1.165) is 42.3 Å². The molecule has 1 aliphatic rings. The number of carbonyl (C=O) groups excluding carboxylic acids is 1. The SMILES string of the molecule is Cc1ccc(NC(=O)N2CCN(c3nc4ccccc4n3Cc3ccccc3)CC2)cc1. The van der Waals surface area contributed by atoms with Gasteiger partial charge in [0.15, 0.2) is 0 Å². The van der Waals surface area contributed by atoms with Crippen LogP contribution in [-0.2, 0) is 6.54 Å². The molecule has 4 aromatic rings. The Morgan fingerprint density at radius 2 is 1.56 bits per heavy atom. The number of carbonyl (C=O) groups is 1. The summed E-state index contributed by atoms with van der Waals surface area (Å²) in [7, 11) is 0. The lowest BCUT2D eigenvalue weighted by Crippen LogP contribution is -2.50. The first-order valence-corrected chi connectivity index (χ1v) is 11.0. The number of hydrogen-bond donors (Lipinski definition) is 1. The van der Waals surface area contributed by atoms with E-state index < -0.39 is 0 Å². The molecule has 162 valence electrons. The first-order valence-electron chi connectivity index (χ1n) is 11.0. The molecule has 1 N–H and O–H groups in total. The van der Waals surface area contributed by atoms with Crippen LogP contribution in [0, 0.1) is 6.92 Å². The van der Waals surface area contributed by atoms with Crippen LogP contribution >= 0.6 is 0 Å². The molecule has 3 aromatic carbocycles. The molecular weight excluding hydrogens is 398 g/mol. The van der Waals surface area contributed by atoms with E-state index in [0.29, 0.717) is 13.1 Å². The van der Waals surface area contributed by atoms with Crippen LogP contribution in [0.25, 0.3) is 11.0 Å². The summed E-state index contributed by atoms with van der Waals surface area (Å²) in [6.45, 7) is 5.62. The summed E-state index contributed by atoms with van der Waals surface area (Å²) in [5.74, 6) is 0.966. The number of anilines is 2. The van der Waals surface area contributed by atoms with Gasteiger partial charge in [-0.25, -0.2) is 9.78 Å². The Morgan fingerprint density at radius 1 is 0.875 bits per heavy atom. The highest BCUT2D eigenvalue weighted by molar-refractivity contribution is 5.89. The molecule has 0 aliphatic carbocycles. The number of piperazine rings is 1. The molecule has 32 heavy (non-hydrogen) atoms. The van der Waals surface area contributed by atoms with Gasteiger partial charge >= 0.3 is 6.03 Å². The molecule has 6 heteroatoms. The van der Waals surface area contributed by atoms with Gasteiger partial charge in [0.05, 0.1) is 17.6 Å². The highest BCUT2D eigenvalue weighted by Crippen LogP contribution is 2.25. The van der Waals surface area contributed by atoms with E-state index in [1.54, 1.807) is 0 Å². The summed E-state index contributed by atoms with van der Waals surface area (Å²) < 4.78 is 2.28. The van der Waals surface area contributed by atoms with Gasteiger partial charge in [0.25, 0.3) is 0 Å². The molecule has 1 aromatic heterocycles. The van der Waals surface area contributed by atoms with Gasteiger partial charge in [0.1, 0.15) is 0 Å². The topological polar surface area (TPSA) is 53.4 Å². The van der Waals surface area contributed by atoms with Crippen LogP contribution in [0.1, 0.15) is 11.1 Å². The van der Waals surface area contributed by atoms with Crippen LogP contribution in [0.15, 0.2) is 78.9 Å². The van der Waals surface area contributed by atoms with Crippen LogP contribution in [0.3, 0.4) is 0 Å². The molecule has 2 amide bonds. The fraction of sp³-hybridized carbons (Fsp3) is 0.231. The Kier molecular flexibility index (Phi) is 5.50. The van der Waals surface area contributed by atoms with Gasteiger partial charge in [0.2, 0.25) is 5.95 Å². The van der Waals surface area contributed by atoms with E-state index in [-0.39, 0.29) is 6.03 Å². The first-order chi connectivity index (χ1) is 15.7. The van der Waals surface area contributed by atoms with Crippen molar-refractivity contribution in [2.24, 2.45) is 0 Å². The van der Waals surface area contributed by atoms with Crippen molar-refractivity contribution >= 4 is 28.7 Å². The molecule has 0 bridgehead atoms. The monoisotopic (exact) mass is 425 g/mol. The van der Waals surface area contributed by atoms with Crippen LogP contribution in [-0.4, -0.2) is 46.7 Å². The summed E-state index contributed by atoms with van der Waals surface area (Å²) >= 11 is 0. The highest BCUT2D eigenvalue weighted by Gasteiger charge is 2.25. The Bertz CT molecular complexity index is 1210. The number of fused-ring (bicyclic) bond motifs is 1. The van der Waals surface area contributed by atoms with Crippen molar-refractivity contribution in [1.29, 1.82) is 0 Å². The van der Waals surface area contributed by atoms with Crippen LogP contribution in [0.4, 0.5) is 16.4 Å². The van der Waals surface area contributed by atoms with Gasteiger partial charge in [-0.15, -0.1) is 0 Å². The lowest BCUT2D eigenvalue weighted by molar-refractivity contribution is 0.208. The maximum absolute atomic E-state index is 12.7. The normalized spacial score (nSPS) is 14.0. The zero-order chi connectivity index (χ0) is 21.9. The number of hydrogen-bond acceptors (Lipinski definition) is 3. The Hall–Kier alpha value is -3.80. The van der Waals surface area contributed by atoms with E-state index in [4.69, 9.17) is 4.98 Å². The molecule has 0 radical (unpaired) electrons. The zero-order valence-corrected chi connectivity index (χ0v) is 18.2. The Morgan fingerprint density at radius 3 is 2.31 bits per heavy atom. The van der Waals surface area contributed by atoms with Gasteiger partial charge in [-0.3, -0.25) is 0 Å². The van der Waals surface area contributed by atoms with Crippen molar-refractivity contribution in [2.45, 2.75) is 13.5 Å². The minimum Gasteiger partial charge on any atom is -0.339 e. The van der Waals surface area contributed by atoms with E-state index in [9.17, 15) is 4.79 Å². The highest BCUT2D eigenvalue weighted by atomic mass is 16.2. The number of nitrogens with zero attached hydrogens (tertiary/aromatic N) is 4. The maximum Gasteiger partial charge on any atom is 0.321 e. The molecule has 6 nitrogen and oxygen atoms in total. The Balaban J connectivity index is 1.32. The predicted octanol–water partition coefficient (Wildman–Crippen LogP) is 4.75. The third-order valence-corrected chi connectivity index (χ3v) is 5.97. The molecule has 1 aliphatic heterocycles. The van der Waals surface area contributed by atoms with Crippen molar-refractivity contribution < 1.29 is 4.79 Å². The number of aryl methyl sites for hydroxylation is 1. The van der Waals surface area contributed by atoms with Crippen LogP contribution in [0.5, 0.6) is 0 Å². The van der Waals surface area contributed by atoms with Gasteiger partial charge < -0.3 is 19.7 Å². The van der Waals surface area contributed by atoms with E-state index in [2.05, 4.69) is 57.2 Å². The standard InChI is InChI=1S/C26H27N5O/c1-20-11-13-22(14-12-20)27-26(32)30-17-15-29(16-18-30)25-28-23-9-5-6-10-24(23)31(25)19-21-7-3-2-4-8-21/h2-14H,15-19H2,1H3,(H,27,32). The molecule has 0 atom stereocenters. The lowest BCUT2D eigenvalue weighted by Gasteiger charge is -2.35. The minimum absolute atomic E-state index is 0.0497. The molecule has 2 heterocycles. The molecule has 1 saturated heterocycles. The smallest absolute Gasteiger partial charge is 0.321 e. The van der Waals surface area contributed by atoms with Crippen molar-refractivity contribution in [3.63, 3.8) is 0 Å². The van der Waals surface area contributed by atoms with Gasteiger partial charge in [-0.1, -0.05) is 60.2 Å². The van der Waals surface area contributed by atoms with Crippen LogP contribution in [0.2, 0.25) is 0 Å². The fourth-order valence-electron chi connectivity index (χ4n) is 4.18. The third kappa shape index (κ3) is 4.17. The fourth-order valence-corrected chi connectivity index (χ4v) is 4.18. The van der Waals surface area contributed by atoms with E-state index in [1.807, 2.05) is 48.2 Å². The lowest BCUT2D eigenvalue weighted by atomic mass is 10.2. The number of rotatable bonds is 4. The molecule has 0 unspecified atom stereocenters. The van der Waals surface area contributed by atoms with Crippen molar-refractivity contribution in [1.82, 2.24) is 14.5 Å². The molecule has 5 rings (SSSR count). The zero-order valence-electron chi connectivity index (χ0n) is 18.2. The van der Waals surface area contributed by atoms with Gasteiger partial charge in [-0.2, -0.15) is 0 Å². The molecule has 0 spiro atoms. The average molecular weight is 426 g/mol. The summed E-state index contributed by atoms with van der Waals surface area (Å²) in [4.78, 5) is 21.8. The summed E-state index contributed by atoms with van der Waals surface area (Å²) in [5.41, 5.74) is 5.37. The number of aromatic nitrogens is 2. The number of para-hydroxylation sites is 2. The second-order valence-corrected chi connectivity index (χ2v) is 8.24. The van der Waals surface area contributed by atoms with Crippen molar-refractivity contribution in [2.75, 3.05) is 36.4 Å². The summed E-state index contributed by atoms with van der Waals surface area (Å²) in [6.07, 6.45) is 0. The maximum atomic E-state index is 12.7. The summed E-state index contributed by atoms with van der Waals surface area (Å²) in [6, 6.07) is 26.6. The van der Waals surface area contributed by atoms with E-state index in [1.165, 1.54) is 11.1 Å². The second-order valence-electron chi connectivity index (χ2n) is 8.24. The number of amides is 2. The number of imidazole rings is 1. The second kappa shape index (κ2) is 8.75. The van der Waals surface area contributed by atoms with Gasteiger partial charge in [-0.05, 0) is 36.8 Å². The molecule has 0 saturated carbocycles. The first kappa shape index (κ1) is 20.1. The third-order valence-electron chi connectivity index (χ3n) is 5.97. The minimum atomic E-state index is -0.0497. The average Bonchev–Trinajstić information content (AvgIpc) is 3.20. The number of urea groups is 1. The van der Waals surface area contributed by atoms with E-state index >= 15 is 0 Å². The number of benzene rings is 3. The summed E-state index contributed by atoms with van der Waals surface area (Å²) in [5, 5.41) is 3.01. The quantitative estimate of drug-likeness (QED) is 0.514. The predicted molar refractivity (Wildman–Crippen MR) is 129 cm³/mol.